The molecule has 12 heteroatoms. The van der Waals surface area contributed by atoms with Gasteiger partial charge in [-0.1, -0.05) is 109 Å². The molecule has 240 valence electrons. The summed E-state index contributed by atoms with van der Waals surface area (Å²) in [6, 6.07) is 52.8. The predicted molar refractivity (Wildman–Crippen MR) is 184 cm³/mol. The third-order valence-corrected chi connectivity index (χ3v) is 12.2. The van der Waals surface area contributed by atoms with Gasteiger partial charge in [0.1, 0.15) is 34.5 Å². The van der Waals surface area contributed by atoms with Gasteiger partial charge in [-0.15, -0.1) is 0 Å². The Bertz CT molecular complexity index is 1500. The van der Waals surface area contributed by atoms with Crippen LogP contribution >= 0.6 is 8.25 Å². The van der Waals surface area contributed by atoms with E-state index in [0.29, 0.717) is 34.5 Å². The molecule has 6 aromatic rings. The topological polar surface area (TPSA) is 90.9 Å². The monoisotopic (exact) mass is 693 g/mol. The average molecular weight is 694 g/mol. The van der Waals surface area contributed by atoms with Crippen molar-refractivity contribution in [3.63, 3.8) is 0 Å². The van der Waals surface area contributed by atoms with E-state index in [1.165, 1.54) is 0 Å². The molecule has 6 aromatic carbocycles. The van der Waals surface area contributed by atoms with Gasteiger partial charge in [0, 0.05) is 4.57 Å². The first-order valence-electron chi connectivity index (χ1n) is 14.9. The molecule has 0 fully saturated rings. The van der Waals surface area contributed by atoms with Crippen LogP contribution in [0.25, 0.3) is 0 Å². The van der Waals surface area contributed by atoms with Crippen molar-refractivity contribution in [3.05, 3.63) is 182 Å². The Morgan fingerprint density at radius 2 is 0.458 bits per heavy atom. The number of para-hydroxylation sites is 6. The molecule has 48 heavy (non-hydrogen) atoms. The molecular weight excluding hydrogens is 664 g/mol. The largest absolute Gasteiger partial charge is 0.940 e. The van der Waals surface area contributed by atoms with Crippen LogP contribution in [0.1, 0.15) is 0 Å². The standard InChI is InChI=1S/C36H30O9PSi2/c37-46(44-47(38-31-19-7-1-8-20-31,39-32-21-9-2-10-22-32)40-33-23-11-3-12-24-33)45-48(41-34-25-13-4-14-26-34,42-35-27-15-5-16-28-35)43-36-29-17-6-18-30-36/h1-30H/q+1. The molecule has 0 atom stereocenters. The van der Waals surface area contributed by atoms with Crippen LogP contribution in [0, 0.1) is 0 Å². The van der Waals surface area contributed by atoms with E-state index >= 15 is 0 Å². The highest BCUT2D eigenvalue weighted by Gasteiger charge is 2.70. The van der Waals surface area contributed by atoms with Crippen molar-refractivity contribution in [1.29, 1.82) is 0 Å². The van der Waals surface area contributed by atoms with Crippen LogP contribution in [0.15, 0.2) is 182 Å². The summed E-state index contributed by atoms with van der Waals surface area (Å²) < 4.78 is 64.8. The van der Waals surface area contributed by atoms with Crippen LogP contribution < -0.4 is 26.6 Å². The van der Waals surface area contributed by atoms with Crippen molar-refractivity contribution in [1.82, 2.24) is 0 Å². The van der Waals surface area contributed by atoms with E-state index in [-0.39, 0.29) is 0 Å². The zero-order valence-corrected chi connectivity index (χ0v) is 28.3. The summed E-state index contributed by atoms with van der Waals surface area (Å²) in [5, 5.41) is 0. The molecule has 0 radical (unpaired) electrons. The van der Waals surface area contributed by atoms with Crippen molar-refractivity contribution in [2.24, 2.45) is 0 Å². The predicted octanol–water partition coefficient (Wildman–Crippen LogP) is 9.02. The van der Waals surface area contributed by atoms with Gasteiger partial charge in [0.25, 0.3) is 0 Å². The van der Waals surface area contributed by atoms with Crippen molar-refractivity contribution < 1.29 is 39.5 Å². The molecule has 0 saturated carbocycles. The summed E-state index contributed by atoms with van der Waals surface area (Å²) >= 11 is 0. The molecule has 0 saturated heterocycles. The van der Waals surface area contributed by atoms with Crippen LogP contribution in [0.2, 0.25) is 0 Å². The number of benzene rings is 6. The van der Waals surface area contributed by atoms with Gasteiger partial charge in [-0.3, -0.25) is 0 Å². The molecule has 0 N–H and O–H groups in total. The van der Waals surface area contributed by atoms with Gasteiger partial charge in [0.2, 0.25) is 0 Å². The normalized spacial score (nSPS) is 11.2. The Kier molecular flexibility index (Phi) is 10.8. The smallest absolute Gasteiger partial charge is 0.460 e. The molecule has 9 nitrogen and oxygen atoms in total. The van der Waals surface area contributed by atoms with Crippen LogP contribution in [0.4, 0.5) is 0 Å². The Balaban J connectivity index is 1.41. The Morgan fingerprint density at radius 3 is 0.625 bits per heavy atom. The van der Waals surface area contributed by atoms with Gasteiger partial charge >= 0.3 is 26.4 Å². The lowest BCUT2D eigenvalue weighted by Crippen LogP contribution is -2.59. The first-order chi connectivity index (χ1) is 23.6. The van der Waals surface area contributed by atoms with E-state index < -0.39 is 26.4 Å². The fourth-order valence-corrected chi connectivity index (χ4v) is 9.87. The van der Waals surface area contributed by atoms with Gasteiger partial charge in [0.15, 0.2) is 0 Å². The first kappa shape index (κ1) is 32.5. The van der Waals surface area contributed by atoms with Gasteiger partial charge in [0.05, 0.1) is 0 Å². The van der Waals surface area contributed by atoms with E-state index in [0.717, 1.165) is 0 Å². The van der Waals surface area contributed by atoms with E-state index in [4.69, 9.17) is 35.0 Å². The second-order valence-corrected chi connectivity index (χ2v) is 15.0. The molecular formula is C36H30O9PSi2+. The zero-order chi connectivity index (χ0) is 32.9. The van der Waals surface area contributed by atoms with Crippen LogP contribution in [0.3, 0.4) is 0 Å². The van der Waals surface area contributed by atoms with Gasteiger partial charge in [-0.25, -0.2) is 0 Å². The van der Waals surface area contributed by atoms with Crippen molar-refractivity contribution in [3.8, 4) is 34.5 Å². The molecule has 0 amide bonds. The molecule has 0 aliphatic carbocycles. The van der Waals surface area contributed by atoms with Gasteiger partial charge in [-0.2, -0.15) is 0 Å². The van der Waals surface area contributed by atoms with Crippen molar-refractivity contribution >= 4 is 26.4 Å². The van der Waals surface area contributed by atoms with Crippen molar-refractivity contribution in [2.75, 3.05) is 0 Å². The maximum absolute atomic E-state index is 14.3. The maximum Gasteiger partial charge on any atom is 0.940 e. The lowest BCUT2D eigenvalue weighted by atomic mass is 10.3. The van der Waals surface area contributed by atoms with E-state index in [9.17, 15) is 4.57 Å². The molecule has 0 spiro atoms. The lowest BCUT2D eigenvalue weighted by Gasteiger charge is -2.26. The number of rotatable bonds is 16. The van der Waals surface area contributed by atoms with Gasteiger partial charge in [-0.05, 0) is 81.2 Å². The fourth-order valence-electron chi connectivity index (χ4n) is 4.24. The average Bonchev–Trinajstić information content (AvgIpc) is 3.11. The summed E-state index contributed by atoms with van der Waals surface area (Å²) in [5.74, 6) is 2.11. The van der Waals surface area contributed by atoms with Gasteiger partial charge < -0.3 is 26.6 Å². The minimum absolute atomic E-state index is 0.351. The molecule has 0 aliphatic heterocycles. The Hall–Kier alpha value is -5.43. The maximum atomic E-state index is 14.3. The fraction of sp³-hybridized carbons (Fsp3) is 0. The Morgan fingerprint density at radius 1 is 0.292 bits per heavy atom. The summed E-state index contributed by atoms with van der Waals surface area (Å²) in [7, 11) is -12.2. The van der Waals surface area contributed by atoms with Crippen LogP contribution in [-0.4, -0.2) is 18.1 Å². The highest BCUT2D eigenvalue weighted by Crippen LogP contribution is 2.39. The summed E-state index contributed by atoms with van der Waals surface area (Å²) in [6.07, 6.45) is 0. The minimum Gasteiger partial charge on any atom is -0.460 e. The summed E-state index contributed by atoms with van der Waals surface area (Å²) in [4.78, 5) is 0. The highest BCUT2D eigenvalue weighted by atomic mass is 31.1. The SMILES string of the molecule is O=[P+](O[Si](Oc1ccccc1)(Oc1ccccc1)Oc1ccccc1)O[Si](Oc1ccccc1)(Oc1ccccc1)Oc1ccccc1. The zero-order valence-electron chi connectivity index (χ0n) is 25.4. The van der Waals surface area contributed by atoms with E-state index in [2.05, 4.69) is 0 Å². The second-order valence-electron chi connectivity index (χ2n) is 9.90. The third kappa shape index (κ3) is 9.32. The van der Waals surface area contributed by atoms with Crippen LogP contribution in [-0.2, 0) is 13.0 Å². The molecule has 0 bridgehead atoms. The summed E-state index contributed by atoms with van der Waals surface area (Å²) in [5.41, 5.74) is 0. The quantitative estimate of drug-likeness (QED) is 0.0728. The first-order valence-corrected chi connectivity index (χ1v) is 19.2. The second kappa shape index (κ2) is 15.9. The highest BCUT2D eigenvalue weighted by molar-refractivity contribution is 7.37. The molecule has 0 heterocycles. The van der Waals surface area contributed by atoms with E-state index in [1.807, 2.05) is 36.4 Å². The number of hydrogen-bond acceptors (Lipinski definition) is 9. The Labute approximate surface area is 281 Å². The number of hydrogen-bond donors (Lipinski definition) is 0. The lowest BCUT2D eigenvalue weighted by molar-refractivity contribution is 0.132. The molecule has 0 aromatic heterocycles. The molecule has 0 unspecified atom stereocenters. The van der Waals surface area contributed by atoms with E-state index in [1.54, 1.807) is 146 Å². The molecule has 6 rings (SSSR count). The minimum atomic E-state index is -4.51. The van der Waals surface area contributed by atoms with Crippen LogP contribution in [0.5, 0.6) is 34.5 Å². The summed E-state index contributed by atoms with van der Waals surface area (Å²) in [6.45, 7) is 0. The third-order valence-electron chi connectivity index (χ3n) is 6.29. The van der Waals surface area contributed by atoms with Crippen molar-refractivity contribution in [2.45, 2.75) is 0 Å². The molecule has 0 aliphatic rings.